The molecule has 0 aliphatic rings. The highest BCUT2D eigenvalue weighted by molar-refractivity contribution is 6.87. The Morgan fingerprint density at radius 2 is 1.56 bits per heavy atom. The Hall–Kier alpha value is -1.20. The number of anilines is 1. The lowest BCUT2D eigenvalue weighted by Crippen LogP contribution is -2.30. The average molecular weight is 259 g/mol. The molecule has 0 saturated carbocycles. The highest BCUT2D eigenvalue weighted by atomic mass is 28.3. The first-order valence-electron chi connectivity index (χ1n) is 6.93. The van der Waals surface area contributed by atoms with E-state index in [0.717, 1.165) is 6.54 Å². The second-order valence-corrected chi connectivity index (χ2v) is 9.77. The maximum absolute atomic E-state index is 3.63. The Kier molecular flexibility index (Phi) is 6.01. The van der Waals surface area contributed by atoms with Crippen LogP contribution in [-0.4, -0.2) is 21.7 Å². The van der Waals surface area contributed by atoms with E-state index < -0.39 is 8.07 Å². The molecule has 0 bridgehead atoms. The normalized spacial score (nSPS) is 10.7. The number of para-hydroxylation sites is 1. The van der Waals surface area contributed by atoms with Gasteiger partial charge in [-0.15, -0.1) is 5.54 Å². The molecule has 1 aromatic rings. The molecular formula is C16H25NSi. The van der Waals surface area contributed by atoms with Gasteiger partial charge in [-0.2, -0.15) is 0 Å². The van der Waals surface area contributed by atoms with E-state index in [1.165, 1.54) is 23.8 Å². The van der Waals surface area contributed by atoms with Crippen molar-refractivity contribution < 1.29 is 0 Å². The first kappa shape index (κ1) is 14.9. The van der Waals surface area contributed by atoms with Crippen molar-refractivity contribution in [2.75, 3.05) is 18.5 Å². The summed E-state index contributed by atoms with van der Waals surface area (Å²) in [6, 6.07) is 14.3. The minimum absolute atomic E-state index is 0.832. The third-order valence-electron chi connectivity index (χ3n) is 3.90. The summed E-state index contributed by atoms with van der Waals surface area (Å²) >= 11 is 0. The lowest BCUT2D eigenvalue weighted by Gasteiger charge is -2.21. The molecule has 18 heavy (non-hydrogen) atoms. The van der Waals surface area contributed by atoms with Crippen LogP contribution in [0.25, 0.3) is 0 Å². The number of hydrogen-bond donors (Lipinski definition) is 0. The number of hydrogen-bond acceptors (Lipinski definition) is 1. The van der Waals surface area contributed by atoms with Crippen LogP contribution in [0.2, 0.25) is 18.1 Å². The predicted molar refractivity (Wildman–Crippen MR) is 84.7 cm³/mol. The van der Waals surface area contributed by atoms with Crippen molar-refractivity contribution in [1.29, 1.82) is 0 Å². The fourth-order valence-corrected chi connectivity index (χ4v) is 4.62. The highest BCUT2D eigenvalue weighted by Gasteiger charge is 2.23. The summed E-state index contributed by atoms with van der Waals surface area (Å²) in [5, 5.41) is 0. The molecule has 1 nitrogen and oxygen atoms in total. The lowest BCUT2D eigenvalue weighted by atomic mass is 10.3. The molecule has 0 unspecified atom stereocenters. The topological polar surface area (TPSA) is 3.24 Å². The van der Waals surface area contributed by atoms with Gasteiger partial charge in [0.25, 0.3) is 0 Å². The number of rotatable bonds is 5. The molecule has 1 aromatic carbocycles. The van der Waals surface area contributed by atoms with E-state index in [0.29, 0.717) is 0 Å². The zero-order chi connectivity index (χ0) is 13.4. The molecule has 0 heterocycles. The van der Waals surface area contributed by atoms with Gasteiger partial charge in [0.15, 0.2) is 0 Å². The van der Waals surface area contributed by atoms with E-state index in [1.807, 2.05) is 6.07 Å². The van der Waals surface area contributed by atoms with Crippen LogP contribution < -0.4 is 4.90 Å². The van der Waals surface area contributed by atoms with Gasteiger partial charge in [0, 0.05) is 12.7 Å². The van der Waals surface area contributed by atoms with Gasteiger partial charge in [-0.1, -0.05) is 44.9 Å². The van der Waals surface area contributed by atoms with Gasteiger partial charge in [0.1, 0.15) is 8.07 Å². The largest absolute Gasteiger partial charge is 0.363 e. The van der Waals surface area contributed by atoms with Crippen molar-refractivity contribution in [2.45, 2.75) is 38.9 Å². The van der Waals surface area contributed by atoms with E-state index in [2.05, 4.69) is 68.4 Å². The summed E-state index contributed by atoms with van der Waals surface area (Å²) in [6.07, 6.45) is 0. The Morgan fingerprint density at radius 1 is 1.00 bits per heavy atom. The van der Waals surface area contributed by atoms with E-state index in [-0.39, 0.29) is 0 Å². The summed E-state index contributed by atoms with van der Waals surface area (Å²) in [7, 11) is 0.835. The molecule has 0 fully saturated rings. The monoisotopic (exact) mass is 259 g/mol. The van der Waals surface area contributed by atoms with Crippen molar-refractivity contribution in [2.24, 2.45) is 0 Å². The van der Waals surface area contributed by atoms with Crippen LogP contribution in [0.5, 0.6) is 0 Å². The Balaban J connectivity index is 2.65. The molecule has 98 valence electrons. The quantitative estimate of drug-likeness (QED) is 0.566. The zero-order valence-electron chi connectivity index (χ0n) is 12.2. The van der Waals surface area contributed by atoms with Crippen LogP contribution in [0.4, 0.5) is 5.69 Å². The molecule has 0 aliphatic carbocycles. The van der Waals surface area contributed by atoms with Gasteiger partial charge in [0.2, 0.25) is 0 Å². The van der Waals surface area contributed by atoms with Crippen molar-refractivity contribution in [1.82, 2.24) is 0 Å². The van der Waals surface area contributed by atoms with Crippen LogP contribution in [-0.2, 0) is 0 Å². The second kappa shape index (κ2) is 7.28. The standard InChI is InChI=1S/C16H25NSi/c1-5-18(6-2,7-3)15-11-14-17(4)16-12-9-8-10-13-16/h8-10,12-13H,5-7,14H2,1-4H3. The molecule has 1 rings (SSSR count). The lowest BCUT2D eigenvalue weighted by molar-refractivity contribution is 1.05. The first-order valence-corrected chi connectivity index (χ1v) is 9.55. The van der Waals surface area contributed by atoms with Gasteiger partial charge < -0.3 is 4.90 Å². The minimum Gasteiger partial charge on any atom is -0.363 e. The minimum atomic E-state index is -1.27. The SMILES string of the molecule is CC[Si](C#CCN(C)c1ccccc1)(CC)CC. The number of benzene rings is 1. The summed E-state index contributed by atoms with van der Waals surface area (Å²) in [5.41, 5.74) is 4.87. The smallest absolute Gasteiger partial charge is 0.137 e. The van der Waals surface area contributed by atoms with Gasteiger partial charge in [-0.25, -0.2) is 0 Å². The second-order valence-electron chi connectivity index (χ2n) is 4.83. The molecule has 0 radical (unpaired) electrons. The Bertz CT molecular complexity index is 390. The van der Waals surface area contributed by atoms with E-state index in [1.54, 1.807) is 0 Å². The molecule has 0 saturated heterocycles. The average Bonchev–Trinajstić information content (AvgIpc) is 2.45. The predicted octanol–water partition coefficient (Wildman–Crippen LogP) is 4.17. The molecule has 0 atom stereocenters. The van der Waals surface area contributed by atoms with Crippen LogP contribution in [0, 0.1) is 11.5 Å². The van der Waals surface area contributed by atoms with Gasteiger partial charge in [-0.05, 0) is 30.3 Å². The molecule has 0 spiro atoms. The molecule has 0 amide bonds. The molecule has 2 heteroatoms. The maximum atomic E-state index is 3.63. The fraction of sp³-hybridized carbons (Fsp3) is 0.500. The Morgan fingerprint density at radius 3 is 2.06 bits per heavy atom. The van der Waals surface area contributed by atoms with Crippen molar-refractivity contribution in [3.63, 3.8) is 0 Å². The van der Waals surface area contributed by atoms with Crippen LogP contribution in [0.3, 0.4) is 0 Å². The molecular weight excluding hydrogens is 234 g/mol. The highest BCUT2D eigenvalue weighted by Crippen LogP contribution is 2.18. The van der Waals surface area contributed by atoms with Gasteiger partial charge in [-0.3, -0.25) is 0 Å². The molecule has 0 aliphatic heterocycles. The van der Waals surface area contributed by atoms with Crippen molar-refractivity contribution in [3.8, 4) is 11.5 Å². The number of nitrogens with zero attached hydrogens (tertiary/aromatic N) is 1. The molecule has 0 N–H and O–H groups in total. The first-order chi connectivity index (χ1) is 8.67. The van der Waals surface area contributed by atoms with Crippen molar-refractivity contribution >= 4 is 13.8 Å². The van der Waals surface area contributed by atoms with E-state index in [9.17, 15) is 0 Å². The third kappa shape index (κ3) is 3.92. The zero-order valence-corrected chi connectivity index (χ0v) is 13.2. The van der Waals surface area contributed by atoms with E-state index in [4.69, 9.17) is 0 Å². The summed E-state index contributed by atoms with van der Waals surface area (Å²) in [6.45, 7) is 7.73. The summed E-state index contributed by atoms with van der Waals surface area (Å²) in [5.74, 6) is 3.41. The Labute approximate surface area is 113 Å². The summed E-state index contributed by atoms with van der Waals surface area (Å²) in [4.78, 5) is 2.22. The van der Waals surface area contributed by atoms with E-state index >= 15 is 0 Å². The van der Waals surface area contributed by atoms with Gasteiger partial charge >= 0.3 is 0 Å². The molecule has 0 aromatic heterocycles. The van der Waals surface area contributed by atoms with Crippen LogP contribution >= 0.6 is 0 Å². The van der Waals surface area contributed by atoms with Crippen LogP contribution in [0.15, 0.2) is 30.3 Å². The van der Waals surface area contributed by atoms with Crippen LogP contribution in [0.1, 0.15) is 20.8 Å². The third-order valence-corrected chi connectivity index (χ3v) is 8.66. The summed E-state index contributed by atoms with van der Waals surface area (Å²) < 4.78 is 0. The maximum Gasteiger partial charge on any atom is 0.137 e. The van der Waals surface area contributed by atoms with Crippen molar-refractivity contribution in [3.05, 3.63) is 30.3 Å². The fourth-order valence-electron chi connectivity index (χ4n) is 2.13. The van der Waals surface area contributed by atoms with Gasteiger partial charge in [0.05, 0.1) is 6.54 Å².